The molecule has 0 aliphatic carbocycles. The minimum Gasteiger partial charge on any atom is -0.465 e. The minimum absolute atomic E-state index is 0.265. The molecule has 0 fully saturated rings. The maximum absolute atomic E-state index is 12.3. The standard InChI is InChI=1S/C20H16ClN3O3/c1-27-20(26)13-2-7-16(8-3-13)23-18-11-4-14(12-22-18)19(25)24-17-9-5-15(21)6-10-17/h2-12H,1H3,(H,22,23)(H,24,25). The Morgan fingerprint density at radius 1 is 0.889 bits per heavy atom. The number of nitrogens with zero attached hydrogens (tertiary/aromatic N) is 1. The third-order valence-corrected chi connectivity index (χ3v) is 3.96. The summed E-state index contributed by atoms with van der Waals surface area (Å²) < 4.78 is 4.66. The summed E-state index contributed by atoms with van der Waals surface area (Å²) in [5, 5.41) is 6.48. The largest absolute Gasteiger partial charge is 0.465 e. The van der Waals surface area contributed by atoms with Gasteiger partial charge in [-0.05, 0) is 60.7 Å². The fourth-order valence-corrected chi connectivity index (χ4v) is 2.42. The molecule has 2 aromatic carbocycles. The molecule has 0 spiro atoms. The van der Waals surface area contributed by atoms with Crippen molar-refractivity contribution in [2.45, 2.75) is 0 Å². The molecule has 0 aliphatic heterocycles. The fraction of sp³-hybridized carbons (Fsp3) is 0.0500. The molecule has 0 saturated carbocycles. The zero-order chi connectivity index (χ0) is 19.2. The highest BCUT2D eigenvalue weighted by atomic mass is 35.5. The third-order valence-electron chi connectivity index (χ3n) is 3.71. The number of methoxy groups -OCH3 is 1. The van der Waals surface area contributed by atoms with Crippen molar-refractivity contribution >= 4 is 40.7 Å². The number of hydrogen-bond donors (Lipinski definition) is 2. The van der Waals surface area contributed by atoms with Gasteiger partial charge in [-0.1, -0.05) is 11.6 Å². The number of pyridine rings is 1. The molecule has 0 radical (unpaired) electrons. The summed E-state index contributed by atoms with van der Waals surface area (Å²) >= 11 is 5.83. The number of hydrogen-bond acceptors (Lipinski definition) is 5. The molecular weight excluding hydrogens is 366 g/mol. The van der Waals surface area contributed by atoms with Gasteiger partial charge in [-0.2, -0.15) is 0 Å². The van der Waals surface area contributed by atoms with Crippen LogP contribution in [-0.4, -0.2) is 24.0 Å². The second-order valence-electron chi connectivity index (χ2n) is 5.59. The molecule has 1 heterocycles. The molecule has 136 valence electrons. The van der Waals surface area contributed by atoms with Crippen LogP contribution in [0.5, 0.6) is 0 Å². The monoisotopic (exact) mass is 381 g/mol. The first-order valence-corrected chi connectivity index (χ1v) is 8.41. The van der Waals surface area contributed by atoms with Crippen molar-refractivity contribution in [3.63, 3.8) is 0 Å². The Morgan fingerprint density at radius 2 is 1.52 bits per heavy atom. The van der Waals surface area contributed by atoms with Crippen molar-refractivity contribution in [2.75, 3.05) is 17.7 Å². The molecule has 1 aromatic heterocycles. The second-order valence-corrected chi connectivity index (χ2v) is 6.02. The van der Waals surface area contributed by atoms with Crippen LogP contribution in [0.1, 0.15) is 20.7 Å². The van der Waals surface area contributed by atoms with Crippen molar-refractivity contribution in [1.82, 2.24) is 4.98 Å². The van der Waals surface area contributed by atoms with Gasteiger partial charge in [0.25, 0.3) is 5.91 Å². The van der Waals surface area contributed by atoms with Crippen LogP contribution >= 0.6 is 11.6 Å². The topological polar surface area (TPSA) is 80.3 Å². The zero-order valence-electron chi connectivity index (χ0n) is 14.4. The van der Waals surface area contributed by atoms with Crippen LogP contribution in [0.25, 0.3) is 0 Å². The fourth-order valence-electron chi connectivity index (χ4n) is 2.29. The van der Waals surface area contributed by atoms with Gasteiger partial charge < -0.3 is 15.4 Å². The van der Waals surface area contributed by atoms with E-state index in [1.807, 2.05) is 0 Å². The van der Waals surface area contributed by atoms with Crippen LogP contribution in [0, 0.1) is 0 Å². The highest BCUT2D eigenvalue weighted by molar-refractivity contribution is 6.30. The number of halogens is 1. The number of nitrogens with one attached hydrogen (secondary N) is 2. The quantitative estimate of drug-likeness (QED) is 0.635. The van der Waals surface area contributed by atoms with Gasteiger partial charge in [-0.3, -0.25) is 4.79 Å². The lowest BCUT2D eigenvalue weighted by Gasteiger charge is -2.08. The number of carbonyl (C=O) groups is 2. The van der Waals surface area contributed by atoms with E-state index in [4.69, 9.17) is 11.6 Å². The van der Waals surface area contributed by atoms with E-state index >= 15 is 0 Å². The maximum atomic E-state index is 12.3. The van der Waals surface area contributed by atoms with E-state index in [1.165, 1.54) is 13.3 Å². The van der Waals surface area contributed by atoms with Gasteiger partial charge in [0, 0.05) is 22.6 Å². The third kappa shape index (κ3) is 4.83. The van der Waals surface area contributed by atoms with E-state index in [0.29, 0.717) is 27.7 Å². The Balaban J connectivity index is 1.63. The second kappa shape index (κ2) is 8.33. The van der Waals surface area contributed by atoms with Gasteiger partial charge in [-0.25, -0.2) is 9.78 Å². The Labute approximate surface area is 161 Å². The zero-order valence-corrected chi connectivity index (χ0v) is 15.2. The smallest absolute Gasteiger partial charge is 0.337 e. The van der Waals surface area contributed by atoms with Crippen LogP contribution in [0.3, 0.4) is 0 Å². The van der Waals surface area contributed by atoms with Crippen LogP contribution in [0.15, 0.2) is 66.9 Å². The van der Waals surface area contributed by atoms with E-state index in [0.717, 1.165) is 5.69 Å². The van der Waals surface area contributed by atoms with Gasteiger partial charge in [-0.15, -0.1) is 0 Å². The molecule has 0 aliphatic rings. The Kier molecular flexibility index (Phi) is 5.68. The van der Waals surface area contributed by atoms with Crippen LogP contribution in [0.4, 0.5) is 17.2 Å². The average Bonchev–Trinajstić information content (AvgIpc) is 2.70. The summed E-state index contributed by atoms with van der Waals surface area (Å²) in [5.41, 5.74) is 2.30. The first-order chi connectivity index (χ1) is 13.0. The van der Waals surface area contributed by atoms with Crippen molar-refractivity contribution < 1.29 is 14.3 Å². The van der Waals surface area contributed by atoms with Gasteiger partial charge in [0.05, 0.1) is 18.2 Å². The number of anilines is 3. The van der Waals surface area contributed by atoms with Gasteiger partial charge >= 0.3 is 5.97 Å². The Bertz CT molecular complexity index is 940. The van der Waals surface area contributed by atoms with Crippen molar-refractivity contribution in [1.29, 1.82) is 0 Å². The predicted molar refractivity (Wildman–Crippen MR) is 105 cm³/mol. The minimum atomic E-state index is -0.393. The lowest BCUT2D eigenvalue weighted by molar-refractivity contribution is 0.0600. The number of ether oxygens (including phenoxy) is 1. The molecule has 3 aromatic rings. The molecule has 0 saturated heterocycles. The molecule has 2 N–H and O–H groups in total. The number of amides is 1. The van der Waals surface area contributed by atoms with Crippen LogP contribution in [-0.2, 0) is 4.74 Å². The lowest BCUT2D eigenvalue weighted by Crippen LogP contribution is -2.12. The SMILES string of the molecule is COC(=O)c1ccc(Nc2ccc(C(=O)Nc3ccc(Cl)cc3)cn2)cc1. The van der Waals surface area contributed by atoms with E-state index in [2.05, 4.69) is 20.4 Å². The van der Waals surface area contributed by atoms with E-state index < -0.39 is 5.97 Å². The summed E-state index contributed by atoms with van der Waals surface area (Å²) in [6.45, 7) is 0. The molecule has 0 atom stereocenters. The number of benzene rings is 2. The predicted octanol–water partition coefficient (Wildman–Crippen LogP) is 4.52. The normalized spacial score (nSPS) is 10.1. The number of carbonyl (C=O) groups excluding carboxylic acids is 2. The molecule has 0 bridgehead atoms. The molecule has 1 amide bonds. The first-order valence-electron chi connectivity index (χ1n) is 8.03. The molecule has 7 heteroatoms. The summed E-state index contributed by atoms with van der Waals surface area (Å²) in [6.07, 6.45) is 1.48. The highest BCUT2D eigenvalue weighted by Gasteiger charge is 2.08. The van der Waals surface area contributed by atoms with Crippen molar-refractivity contribution in [2.24, 2.45) is 0 Å². The number of esters is 1. The van der Waals surface area contributed by atoms with Crippen LogP contribution < -0.4 is 10.6 Å². The lowest BCUT2D eigenvalue weighted by atomic mass is 10.2. The van der Waals surface area contributed by atoms with Crippen molar-refractivity contribution in [3.05, 3.63) is 83.0 Å². The highest BCUT2D eigenvalue weighted by Crippen LogP contribution is 2.17. The summed E-state index contributed by atoms with van der Waals surface area (Å²) in [4.78, 5) is 27.9. The summed E-state index contributed by atoms with van der Waals surface area (Å²) in [7, 11) is 1.34. The maximum Gasteiger partial charge on any atom is 0.337 e. The van der Waals surface area contributed by atoms with E-state index in [9.17, 15) is 9.59 Å². The molecule has 27 heavy (non-hydrogen) atoms. The van der Waals surface area contributed by atoms with Crippen LogP contribution in [0.2, 0.25) is 5.02 Å². The molecule has 3 rings (SSSR count). The summed E-state index contributed by atoms with van der Waals surface area (Å²) in [5.74, 6) is -0.0848. The van der Waals surface area contributed by atoms with Gasteiger partial charge in [0.2, 0.25) is 0 Å². The van der Waals surface area contributed by atoms with E-state index in [-0.39, 0.29) is 5.91 Å². The molecule has 6 nitrogen and oxygen atoms in total. The summed E-state index contributed by atoms with van der Waals surface area (Å²) in [6, 6.07) is 17.0. The Hall–Kier alpha value is -3.38. The molecule has 0 unspecified atom stereocenters. The van der Waals surface area contributed by atoms with Gasteiger partial charge in [0.15, 0.2) is 0 Å². The first kappa shape index (κ1) is 18.4. The number of rotatable bonds is 5. The van der Waals surface area contributed by atoms with Gasteiger partial charge in [0.1, 0.15) is 5.82 Å². The van der Waals surface area contributed by atoms with E-state index in [1.54, 1.807) is 60.7 Å². The molecular formula is C20H16ClN3O3. The number of aromatic nitrogens is 1. The van der Waals surface area contributed by atoms with Crippen molar-refractivity contribution in [3.8, 4) is 0 Å². The Morgan fingerprint density at radius 3 is 2.11 bits per heavy atom. The average molecular weight is 382 g/mol.